The third-order valence-corrected chi connectivity index (χ3v) is 6.12. The molecule has 0 atom stereocenters. The van der Waals surface area contributed by atoms with Gasteiger partial charge in [-0.15, -0.1) is 0 Å². The van der Waals surface area contributed by atoms with E-state index in [4.69, 9.17) is 4.84 Å². The van der Waals surface area contributed by atoms with Crippen LogP contribution in [0.3, 0.4) is 0 Å². The average molecular weight is 429 g/mol. The molecule has 11 heteroatoms. The minimum Gasteiger partial charge on any atom is -0.328 e. The summed E-state index contributed by atoms with van der Waals surface area (Å²) in [6.45, 7) is 0.199. The molecule has 2 N–H and O–H groups in total. The third kappa shape index (κ3) is 5.25. The lowest BCUT2D eigenvalue weighted by atomic mass is 10.1. The number of alkyl halides is 3. The Balaban J connectivity index is 1.55. The maximum absolute atomic E-state index is 12.7. The Kier molecular flexibility index (Phi) is 6.10. The lowest BCUT2D eigenvalue weighted by Crippen LogP contribution is -2.37. The minimum atomic E-state index is -4.42. The van der Waals surface area contributed by atoms with E-state index in [1.54, 1.807) is 6.08 Å². The number of nitrogens with one attached hydrogen (secondary N) is 2. The molecule has 0 bridgehead atoms. The number of aromatic amines is 1. The summed E-state index contributed by atoms with van der Waals surface area (Å²) in [7, 11) is -3.74. The van der Waals surface area contributed by atoms with Crippen molar-refractivity contribution in [2.24, 2.45) is 0 Å². The summed E-state index contributed by atoms with van der Waals surface area (Å²) in [6, 6.07) is 7.20. The number of benzene rings is 1. The van der Waals surface area contributed by atoms with E-state index in [2.05, 4.69) is 10.5 Å². The largest absolute Gasteiger partial charge is 0.416 e. The van der Waals surface area contributed by atoms with Crippen LogP contribution in [0, 0.1) is 0 Å². The SMILES string of the molecule is O=c1ccc(S(=O)(=O)N2CC=C(NOCc3cccc(C(F)(F)F)c3)CC2)c[nH]1. The molecule has 0 amide bonds. The molecular weight excluding hydrogens is 411 g/mol. The maximum Gasteiger partial charge on any atom is 0.416 e. The summed E-state index contributed by atoms with van der Waals surface area (Å²) in [5, 5.41) is 0. The number of halogens is 3. The van der Waals surface area contributed by atoms with Crippen molar-refractivity contribution in [3.05, 3.63) is 75.8 Å². The molecule has 1 aromatic heterocycles. The second-order valence-electron chi connectivity index (χ2n) is 6.32. The molecular formula is C18H18F3N3O4S. The zero-order chi connectivity index (χ0) is 21.1. The lowest BCUT2D eigenvalue weighted by molar-refractivity contribution is -0.137. The van der Waals surface area contributed by atoms with E-state index in [9.17, 15) is 26.4 Å². The van der Waals surface area contributed by atoms with Gasteiger partial charge >= 0.3 is 6.18 Å². The van der Waals surface area contributed by atoms with Crippen molar-refractivity contribution in [3.63, 3.8) is 0 Å². The molecule has 29 heavy (non-hydrogen) atoms. The Hall–Kier alpha value is -2.63. The molecule has 0 saturated heterocycles. The van der Waals surface area contributed by atoms with E-state index in [0.29, 0.717) is 17.7 Å². The van der Waals surface area contributed by atoms with Gasteiger partial charge in [-0.05, 0) is 29.8 Å². The van der Waals surface area contributed by atoms with Gasteiger partial charge in [-0.1, -0.05) is 12.1 Å². The number of rotatable bonds is 6. The standard InChI is InChI=1S/C18H18F3N3O4S/c19-18(20,21)14-3-1-2-13(10-14)12-28-23-15-6-8-24(9-7-15)29(26,27)16-4-5-17(25)22-11-16/h1-6,10-11,23H,7-9,12H2,(H,22,25). The molecule has 3 rings (SSSR count). The van der Waals surface area contributed by atoms with Gasteiger partial charge in [0.2, 0.25) is 15.6 Å². The van der Waals surface area contributed by atoms with Crippen molar-refractivity contribution in [3.8, 4) is 0 Å². The number of sulfonamides is 1. The highest BCUT2D eigenvalue weighted by atomic mass is 32.2. The van der Waals surface area contributed by atoms with Gasteiger partial charge in [0, 0.05) is 37.5 Å². The van der Waals surface area contributed by atoms with E-state index in [1.165, 1.54) is 22.5 Å². The number of aromatic nitrogens is 1. The molecule has 7 nitrogen and oxygen atoms in total. The van der Waals surface area contributed by atoms with Crippen molar-refractivity contribution < 1.29 is 26.4 Å². The fourth-order valence-corrected chi connectivity index (χ4v) is 4.07. The van der Waals surface area contributed by atoms with Crippen molar-refractivity contribution in [1.82, 2.24) is 14.8 Å². The van der Waals surface area contributed by atoms with Gasteiger partial charge in [0.25, 0.3) is 0 Å². The smallest absolute Gasteiger partial charge is 0.328 e. The van der Waals surface area contributed by atoms with E-state index in [0.717, 1.165) is 24.4 Å². The van der Waals surface area contributed by atoms with Crippen LogP contribution in [0.25, 0.3) is 0 Å². The van der Waals surface area contributed by atoms with Crippen LogP contribution in [0.15, 0.2) is 64.1 Å². The summed E-state index contributed by atoms with van der Waals surface area (Å²) in [5.41, 5.74) is 2.49. The van der Waals surface area contributed by atoms with Crippen molar-refractivity contribution in [2.45, 2.75) is 24.1 Å². The molecule has 1 aromatic carbocycles. The van der Waals surface area contributed by atoms with E-state index in [-0.39, 0.29) is 24.6 Å². The maximum atomic E-state index is 12.7. The summed E-state index contributed by atoms with van der Waals surface area (Å²) in [6.07, 6.45) is -1.31. The summed E-state index contributed by atoms with van der Waals surface area (Å²) < 4.78 is 64.5. The number of hydrogen-bond acceptors (Lipinski definition) is 5. The van der Waals surface area contributed by atoms with Crippen LogP contribution in [-0.2, 0) is 27.6 Å². The zero-order valence-corrected chi connectivity index (χ0v) is 15.9. The lowest BCUT2D eigenvalue weighted by Gasteiger charge is -2.26. The van der Waals surface area contributed by atoms with Gasteiger partial charge in [-0.3, -0.25) is 15.1 Å². The fourth-order valence-electron chi connectivity index (χ4n) is 2.72. The predicted molar refractivity (Wildman–Crippen MR) is 97.9 cm³/mol. The molecule has 156 valence electrons. The van der Waals surface area contributed by atoms with Crippen LogP contribution < -0.4 is 11.0 Å². The monoisotopic (exact) mass is 429 g/mol. The molecule has 0 spiro atoms. The Morgan fingerprint density at radius 3 is 2.62 bits per heavy atom. The van der Waals surface area contributed by atoms with Crippen LogP contribution in [0.4, 0.5) is 13.2 Å². The quantitative estimate of drug-likeness (QED) is 0.688. The first kappa shape index (κ1) is 21.1. The second-order valence-corrected chi connectivity index (χ2v) is 8.26. The van der Waals surface area contributed by atoms with Crippen LogP contribution in [0.5, 0.6) is 0 Å². The average Bonchev–Trinajstić information content (AvgIpc) is 2.68. The van der Waals surface area contributed by atoms with E-state index in [1.807, 2.05) is 0 Å². The molecule has 2 heterocycles. The van der Waals surface area contributed by atoms with Gasteiger partial charge < -0.3 is 4.98 Å². The molecule has 0 aliphatic carbocycles. The summed E-state index contributed by atoms with van der Waals surface area (Å²) in [5.74, 6) is 0. The van der Waals surface area contributed by atoms with Gasteiger partial charge in [-0.25, -0.2) is 8.42 Å². The topological polar surface area (TPSA) is 91.5 Å². The number of hydroxylamine groups is 1. The molecule has 0 saturated carbocycles. The second kappa shape index (κ2) is 8.39. The van der Waals surface area contributed by atoms with Crippen molar-refractivity contribution >= 4 is 10.0 Å². The predicted octanol–water partition coefficient (Wildman–Crippen LogP) is 2.39. The number of H-pyrrole nitrogens is 1. The molecule has 1 aliphatic heterocycles. The highest BCUT2D eigenvalue weighted by Crippen LogP contribution is 2.29. The van der Waals surface area contributed by atoms with Crippen LogP contribution in [0.2, 0.25) is 0 Å². The highest BCUT2D eigenvalue weighted by molar-refractivity contribution is 7.89. The molecule has 0 unspecified atom stereocenters. The minimum absolute atomic E-state index is 0.0114. The Labute approximate surface area is 164 Å². The first-order chi connectivity index (χ1) is 13.7. The van der Waals surface area contributed by atoms with Crippen LogP contribution >= 0.6 is 0 Å². The van der Waals surface area contributed by atoms with Crippen LogP contribution in [-0.4, -0.2) is 30.8 Å². The molecule has 1 aliphatic rings. The Morgan fingerprint density at radius 1 is 1.21 bits per heavy atom. The number of pyridine rings is 1. The molecule has 0 fully saturated rings. The van der Waals surface area contributed by atoms with Crippen molar-refractivity contribution in [2.75, 3.05) is 13.1 Å². The highest BCUT2D eigenvalue weighted by Gasteiger charge is 2.30. The molecule has 0 radical (unpaired) electrons. The molecule has 2 aromatic rings. The Bertz CT molecular complexity index is 1040. The normalized spacial score (nSPS) is 15.8. The van der Waals surface area contributed by atoms with Crippen molar-refractivity contribution in [1.29, 1.82) is 0 Å². The Morgan fingerprint density at radius 2 is 2.00 bits per heavy atom. The first-order valence-corrected chi connectivity index (χ1v) is 10.0. The zero-order valence-electron chi connectivity index (χ0n) is 15.1. The fraction of sp³-hybridized carbons (Fsp3) is 0.278. The van der Waals surface area contributed by atoms with Gasteiger partial charge in [0.15, 0.2) is 0 Å². The third-order valence-electron chi connectivity index (χ3n) is 4.26. The van der Waals surface area contributed by atoms with Gasteiger partial charge in [0.05, 0.1) is 17.1 Å². The van der Waals surface area contributed by atoms with E-state index >= 15 is 0 Å². The van der Waals surface area contributed by atoms with Gasteiger partial charge in [0.1, 0.15) is 0 Å². The summed E-state index contributed by atoms with van der Waals surface area (Å²) >= 11 is 0. The van der Waals surface area contributed by atoms with Gasteiger partial charge in [-0.2, -0.15) is 17.5 Å². The summed E-state index contributed by atoms with van der Waals surface area (Å²) in [4.78, 5) is 18.7. The number of nitrogens with zero attached hydrogens (tertiary/aromatic N) is 1. The number of hydrogen-bond donors (Lipinski definition) is 2. The first-order valence-electron chi connectivity index (χ1n) is 8.58. The van der Waals surface area contributed by atoms with E-state index < -0.39 is 27.3 Å². The van der Waals surface area contributed by atoms with Crippen LogP contribution in [0.1, 0.15) is 17.5 Å².